The summed E-state index contributed by atoms with van der Waals surface area (Å²) in [6, 6.07) is 21.9. The van der Waals surface area contributed by atoms with Crippen molar-refractivity contribution in [2.75, 3.05) is 10.3 Å². The number of hydrazine groups is 1. The maximum absolute atomic E-state index is 13.3. The number of hydrogen-bond donors (Lipinski definition) is 3. The van der Waals surface area contributed by atoms with Gasteiger partial charge in [-0.25, -0.2) is 4.99 Å². The molecule has 0 saturated carbocycles. The van der Waals surface area contributed by atoms with Crippen LogP contribution in [-0.4, -0.2) is 28.4 Å². The van der Waals surface area contributed by atoms with E-state index in [-0.39, 0.29) is 28.6 Å². The maximum atomic E-state index is 13.3. The number of H-pyrrole nitrogens is 1. The van der Waals surface area contributed by atoms with Gasteiger partial charge in [-0.15, -0.1) is 10.2 Å². The van der Waals surface area contributed by atoms with E-state index < -0.39 is 5.91 Å². The first-order chi connectivity index (χ1) is 21.4. The van der Waals surface area contributed by atoms with Crippen molar-refractivity contribution >= 4 is 51.8 Å². The van der Waals surface area contributed by atoms with Gasteiger partial charge in [-0.3, -0.25) is 30.1 Å². The highest BCUT2D eigenvalue weighted by Crippen LogP contribution is 2.28. The number of benzene rings is 3. The molecule has 2 amide bonds. The topological polar surface area (TPSA) is 131 Å². The quantitative estimate of drug-likeness (QED) is 0.132. The molecule has 10 nitrogen and oxygen atoms in total. The zero-order chi connectivity index (χ0) is 30.6. The molecule has 0 spiro atoms. The Morgan fingerprint density at radius 1 is 0.909 bits per heavy atom. The molecule has 1 aliphatic carbocycles. The van der Waals surface area contributed by atoms with E-state index in [9.17, 15) is 14.4 Å². The van der Waals surface area contributed by atoms with E-state index in [0.29, 0.717) is 17.2 Å². The van der Waals surface area contributed by atoms with Crippen LogP contribution < -0.4 is 15.8 Å². The van der Waals surface area contributed by atoms with E-state index in [0.717, 1.165) is 27.7 Å². The molecule has 0 atom stereocenters. The first-order valence-corrected chi connectivity index (χ1v) is 13.8. The van der Waals surface area contributed by atoms with E-state index in [2.05, 4.69) is 31.1 Å². The summed E-state index contributed by atoms with van der Waals surface area (Å²) in [5.41, 5.74) is 10.9. The molecule has 0 radical (unpaired) electrons. The average molecular weight is 582 g/mol. The van der Waals surface area contributed by atoms with Gasteiger partial charge in [-0.2, -0.15) is 0 Å². The number of fused-ring (bicyclic) bond motifs is 1. The summed E-state index contributed by atoms with van der Waals surface area (Å²) >= 11 is 0. The summed E-state index contributed by atoms with van der Waals surface area (Å²) in [5.74, 6) is -0.555. The van der Waals surface area contributed by atoms with Crippen LogP contribution in [-0.2, 0) is 9.59 Å². The van der Waals surface area contributed by atoms with Crippen molar-refractivity contribution in [3.05, 3.63) is 137 Å². The number of amidine groups is 1. The van der Waals surface area contributed by atoms with Gasteiger partial charge in [-0.05, 0) is 74.0 Å². The Morgan fingerprint density at radius 2 is 1.66 bits per heavy atom. The number of amides is 2. The van der Waals surface area contributed by atoms with Crippen molar-refractivity contribution in [2.24, 2.45) is 15.2 Å². The fraction of sp³-hybridized carbons (Fsp3) is 0.0588. The fourth-order valence-corrected chi connectivity index (χ4v) is 4.85. The largest absolute Gasteiger partial charge is 0.361 e. The third-order valence-electron chi connectivity index (χ3n) is 7.16. The monoisotopic (exact) mass is 581 g/mol. The summed E-state index contributed by atoms with van der Waals surface area (Å²) in [6.45, 7) is 3.69. The second-order valence-electron chi connectivity index (χ2n) is 10.1. The van der Waals surface area contributed by atoms with Crippen molar-refractivity contribution in [3.8, 4) is 0 Å². The molecule has 216 valence electrons. The normalized spacial score (nSPS) is 16.7. The summed E-state index contributed by atoms with van der Waals surface area (Å²) < 4.78 is 0. The van der Waals surface area contributed by atoms with E-state index in [1.165, 1.54) is 11.0 Å². The lowest BCUT2D eigenvalue weighted by Gasteiger charge is -2.16. The van der Waals surface area contributed by atoms with Crippen molar-refractivity contribution in [2.45, 2.75) is 13.8 Å². The number of aryl methyl sites for hydroxylation is 1. The van der Waals surface area contributed by atoms with Crippen LogP contribution in [0.25, 0.3) is 17.0 Å². The molecule has 0 fully saturated rings. The van der Waals surface area contributed by atoms with Gasteiger partial charge in [0.2, 0.25) is 0 Å². The fourth-order valence-electron chi connectivity index (χ4n) is 4.85. The highest BCUT2D eigenvalue weighted by Gasteiger charge is 2.29. The zero-order valence-electron chi connectivity index (χ0n) is 23.9. The first kappa shape index (κ1) is 28.0. The smallest absolute Gasteiger partial charge is 0.295 e. The number of aromatic amines is 1. The van der Waals surface area contributed by atoms with E-state index in [4.69, 9.17) is 0 Å². The number of hydrogen-bond acceptors (Lipinski definition) is 7. The zero-order valence-corrected chi connectivity index (χ0v) is 23.9. The Kier molecular flexibility index (Phi) is 7.62. The van der Waals surface area contributed by atoms with Crippen LogP contribution in [0.2, 0.25) is 0 Å². The molecule has 10 heteroatoms. The molecule has 44 heavy (non-hydrogen) atoms. The van der Waals surface area contributed by atoms with Gasteiger partial charge in [0.15, 0.2) is 11.6 Å². The van der Waals surface area contributed by atoms with Crippen LogP contribution in [0.3, 0.4) is 0 Å². The maximum Gasteiger partial charge on any atom is 0.295 e. The number of para-hydroxylation sites is 2. The summed E-state index contributed by atoms with van der Waals surface area (Å²) in [4.78, 5) is 48.0. The second-order valence-corrected chi connectivity index (χ2v) is 10.1. The van der Waals surface area contributed by atoms with Crippen LogP contribution in [0.4, 0.5) is 11.4 Å². The van der Waals surface area contributed by atoms with Gasteiger partial charge in [-0.1, -0.05) is 48.6 Å². The highest BCUT2D eigenvalue weighted by atomic mass is 16.2. The number of azo groups is 1. The molecule has 3 aromatic carbocycles. The minimum absolute atomic E-state index is 0.0906. The van der Waals surface area contributed by atoms with Crippen molar-refractivity contribution < 1.29 is 14.4 Å². The van der Waals surface area contributed by atoms with Crippen LogP contribution in [0, 0.1) is 6.92 Å². The van der Waals surface area contributed by atoms with Gasteiger partial charge in [0.25, 0.3) is 11.8 Å². The minimum Gasteiger partial charge on any atom is -0.361 e. The number of ketones is 1. The van der Waals surface area contributed by atoms with Crippen molar-refractivity contribution in [3.63, 3.8) is 0 Å². The third-order valence-corrected chi connectivity index (χ3v) is 7.16. The highest BCUT2D eigenvalue weighted by molar-refractivity contribution is 6.28. The van der Waals surface area contributed by atoms with Crippen LogP contribution in [0.5, 0.6) is 0 Å². The molecule has 0 bridgehead atoms. The van der Waals surface area contributed by atoms with Crippen molar-refractivity contribution in [1.82, 2.24) is 10.4 Å². The Hall–Kier alpha value is -6.16. The number of allylic oxidation sites excluding steroid dienone is 5. The van der Waals surface area contributed by atoms with Crippen LogP contribution >= 0.6 is 0 Å². The Morgan fingerprint density at radius 3 is 2.45 bits per heavy atom. The Labute approximate surface area is 252 Å². The van der Waals surface area contributed by atoms with Gasteiger partial charge in [0.1, 0.15) is 11.5 Å². The molecule has 1 aliphatic heterocycles. The molecule has 0 unspecified atom stereocenters. The molecule has 4 aromatic rings. The summed E-state index contributed by atoms with van der Waals surface area (Å²) in [6.07, 6.45) is 9.95. The second kappa shape index (κ2) is 12.0. The van der Waals surface area contributed by atoms with Gasteiger partial charge in [0, 0.05) is 28.2 Å². The molecular formula is C34H27N7O3. The van der Waals surface area contributed by atoms with Gasteiger partial charge < -0.3 is 4.98 Å². The predicted molar refractivity (Wildman–Crippen MR) is 171 cm³/mol. The Balaban J connectivity index is 1.19. The summed E-state index contributed by atoms with van der Waals surface area (Å²) in [7, 11) is 0. The number of anilines is 2. The Bertz CT molecular complexity index is 1990. The first-order valence-electron chi connectivity index (χ1n) is 13.8. The molecule has 3 N–H and O–H groups in total. The van der Waals surface area contributed by atoms with Crippen LogP contribution in [0.1, 0.15) is 28.4 Å². The predicted octanol–water partition coefficient (Wildman–Crippen LogP) is 6.40. The van der Waals surface area contributed by atoms with Crippen molar-refractivity contribution in [1.29, 1.82) is 0 Å². The third kappa shape index (κ3) is 5.64. The number of rotatable bonds is 7. The number of nitrogens with one attached hydrogen (secondary N) is 3. The number of carbonyl (C=O) groups is 3. The minimum atomic E-state index is -0.617. The number of nitrogens with zero attached hydrogens (tertiary/aromatic N) is 4. The number of carbonyl (C=O) groups excluding carboxylic acids is 3. The molecule has 1 aromatic heterocycles. The lowest BCUT2D eigenvalue weighted by molar-refractivity contribution is -0.114. The van der Waals surface area contributed by atoms with E-state index in [1.54, 1.807) is 55.5 Å². The molecule has 6 rings (SSSR count). The lowest BCUT2D eigenvalue weighted by atomic mass is 10.1. The SMILES string of the molecule is CC1=N/C(=C/c2c[nH]c3ccccc23)C(=O)N1c1ccc(C(=O)N=N/C(NNc2ccccc2C)=C2/C=CC=CC2=O)cc1. The molecule has 2 aliphatic rings. The molecule has 2 heterocycles. The molecule has 0 saturated heterocycles. The van der Waals surface area contributed by atoms with E-state index >= 15 is 0 Å². The lowest BCUT2D eigenvalue weighted by Crippen LogP contribution is -2.30. The van der Waals surface area contributed by atoms with Gasteiger partial charge in [0.05, 0.1) is 16.9 Å². The summed E-state index contributed by atoms with van der Waals surface area (Å²) in [5, 5.41) is 8.96. The number of aliphatic imine (C=N–C) groups is 1. The van der Waals surface area contributed by atoms with Gasteiger partial charge >= 0.3 is 0 Å². The standard InChI is InChI=1S/C34H27N7O3/c1-21-9-3-6-12-28(21)37-38-32(27-11-5-8-14-31(27)42)39-40-33(43)23-15-17-25(18-16-23)41-22(2)36-30(34(41)44)19-24-20-35-29-13-7-4-10-26(24)29/h3-20,35,37-38H,1-2H3/b30-19+,32-27-,40-39?. The van der Waals surface area contributed by atoms with Crippen LogP contribution in [0.15, 0.2) is 136 Å². The number of aromatic nitrogens is 1. The van der Waals surface area contributed by atoms with E-state index in [1.807, 2.05) is 61.7 Å². The average Bonchev–Trinajstić information content (AvgIpc) is 3.57. The molecular weight excluding hydrogens is 554 g/mol.